The molecule has 2 rings (SSSR count). The smallest absolute Gasteiger partial charge is 0.456 e. The first-order valence-corrected chi connectivity index (χ1v) is 11.9. The minimum absolute atomic E-state index is 0.204. The van der Waals surface area contributed by atoms with Crippen LogP contribution in [0, 0.1) is 16.6 Å². The second-order valence-electron chi connectivity index (χ2n) is 6.98. The number of hydrogen-bond acceptors (Lipinski definition) is 4. The van der Waals surface area contributed by atoms with Crippen molar-refractivity contribution in [1.29, 1.82) is 0 Å². The van der Waals surface area contributed by atoms with E-state index in [4.69, 9.17) is 9.47 Å². The van der Waals surface area contributed by atoms with Crippen molar-refractivity contribution in [3.63, 3.8) is 0 Å². The quantitative estimate of drug-likeness (QED) is 0.217. The summed E-state index contributed by atoms with van der Waals surface area (Å²) in [4.78, 5) is 25.7. The van der Waals surface area contributed by atoms with Crippen LogP contribution in [0.3, 0.4) is 0 Å². The van der Waals surface area contributed by atoms with E-state index in [1.165, 1.54) is 0 Å². The van der Waals surface area contributed by atoms with E-state index in [0.717, 1.165) is 28.5 Å². The molecule has 1 aromatic carbocycles. The number of esters is 1. The van der Waals surface area contributed by atoms with Crippen molar-refractivity contribution in [2.24, 2.45) is 5.92 Å². The van der Waals surface area contributed by atoms with E-state index < -0.39 is 5.60 Å². The molecule has 27 heavy (non-hydrogen) atoms. The van der Waals surface area contributed by atoms with Crippen LogP contribution in [-0.2, 0) is 9.47 Å². The molecule has 0 spiro atoms. The Morgan fingerprint density at radius 3 is 2.41 bits per heavy atom. The fraction of sp³-hybridized carbons (Fsp3) is 0.474. The lowest BCUT2D eigenvalue weighted by atomic mass is 9.83. The molecular formula is C19H23I3NO4+. The standard InChI is InChI=1S/C19H22I3NO4/c1-4-11-26-18(25)23-9-7-12(8-10-23)19(2,3)27-17(24)15-13(20)5-6-14(21)16(15)22/h4-6,12H,1,7-11H2,2-3H3/p+1. The van der Waals surface area contributed by atoms with Gasteiger partial charge in [0.05, 0.1) is 18.7 Å². The Balaban J connectivity index is 2.01. The highest BCUT2D eigenvalue weighted by molar-refractivity contribution is 14.1. The summed E-state index contributed by atoms with van der Waals surface area (Å²) < 4.78 is 13.9. The van der Waals surface area contributed by atoms with Gasteiger partial charge in [0.2, 0.25) is 0 Å². The molecule has 0 aromatic heterocycles. The largest absolute Gasteiger partial charge is 0.514 e. The van der Waals surface area contributed by atoms with Gasteiger partial charge in [-0.15, -0.1) is 0 Å². The van der Waals surface area contributed by atoms with Crippen molar-refractivity contribution < 1.29 is 24.0 Å². The van der Waals surface area contributed by atoms with Crippen LogP contribution in [0.4, 0.5) is 4.79 Å². The lowest BCUT2D eigenvalue weighted by molar-refractivity contribution is -0.831. The van der Waals surface area contributed by atoms with Crippen LogP contribution >= 0.6 is 67.8 Å². The van der Waals surface area contributed by atoms with Gasteiger partial charge in [-0.1, -0.05) is 12.7 Å². The van der Waals surface area contributed by atoms with Crippen molar-refractivity contribution in [3.05, 3.63) is 41.1 Å². The maximum Gasteiger partial charge on any atom is 0.514 e. The van der Waals surface area contributed by atoms with Gasteiger partial charge >= 0.3 is 12.1 Å². The molecule has 0 bridgehead atoms. The van der Waals surface area contributed by atoms with Gasteiger partial charge < -0.3 is 9.47 Å². The number of piperidine rings is 1. The number of ether oxygens (including phenoxy) is 2. The highest BCUT2D eigenvalue weighted by Gasteiger charge is 2.40. The van der Waals surface area contributed by atoms with Gasteiger partial charge in [0, 0.05) is 29.5 Å². The Hall–Kier alpha value is 0.0500. The van der Waals surface area contributed by atoms with Crippen molar-refractivity contribution in [2.75, 3.05) is 19.7 Å². The van der Waals surface area contributed by atoms with E-state index in [9.17, 15) is 9.59 Å². The molecule has 148 valence electrons. The molecular weight excluding hydrogens is 687 g/mol. The number of likely N-dealkylation sites (tertiary alicyclic amines) is 1. The molecule has 0 radical (unpaired) electrons. The summed E-state index contributed by atoms with van der Waals surface area (Å²) in [5.41, 5.74) is 0.0355. The van der Waals surface area contributed by atoms with E-state index in [1.54, 1.807) is 6.08 Å². The molecule has 0 atom stereocenters. The topological polar surface area (TPSA) is 57.0 Å². The zero-order valence-electron chi connectivity index (χ0n) is 15.3. The number of hydrogen-bond donors (Lipinski definition) is 1. The Kier molecular flexibility index (Phi) is 8.81. The molecule has 0 unspecified atom stereocenters. The molecule has 1 N–H and O–H groups in total. The number of rotatable bonds is 5. The third kappa shape index (κ3) is 6.01. The molecule has 8 heteroatoms. The average molecular weight is 710 g/mol. The number of carbonyl (C=O) groups excluding carboxylic acids is 2. The summed E-state index contributed by atoms with van der Waals surface area (Å²) in [5, 5.41) is 0. The highest BCUT2D eigenvalue weighted by Crippen LogP contribution is 2.31. The number of amides is 1. The molecule has 1 saturated heterocycles. The highest BCUT2D eigenvalue weighted by atomic mass is 127. The SMILES string of the molecule is C=CCOC(=O)[NH+]1CCC(C(C)(C)OC(=O)c2c(I)ccc(I)c2I)CC1. The Bertz CT molecular complexity index is 728. The van der Waals surface area contributed by atoms with Crippen LogP contribution in [0.1, 0.15) is 37.0 Å². The van der Waals surface area contributed by atoms with Gasteiger partial charge in [-0.25, -0.2) is 9.69 Å². The first-order chi connectivity index (χ1) is 12.7. The Labute approximate surface area is 201 Å². The predicted octanol–water partition coefficient (Wildman–Crippen LogP) is 4.05. The van der Waals surface area contributed by atoms with E-state index in [2.05, 4.69) is 74.4 Å². The van der Waals surface area contributed by atoms with Gasteiger partial charge in [0.1, 0.15) is 12.2 Å². The lowest BCUT2D eigenvalue weighted by Gasteiger charge is -2.37. The van der Waals surface area contributed by atoms with Crippen LogP contribution in [0.25, 0.3) is 0 Å². The molecule has 1 aliphatic heterocycles. The zero-order chi connectivity index (χ0) is 20.2. The van der Waals surface area contributed by atoms with Crippen LogP contribution in [-0.4, -0.2) is 37.4 Å². The fourth-order valence-electron chi connectivity index (χ4n) is 3.19. The summed E-state index contributed by atoms with van der Waals surface area (Å²) in [6.45, 7) is 9.08. The first kappa shape index (κ1) is 23.3. The summed E-state index contributed by atoms with van der Waals surface area (Å²) >= 11 is 6.60. The summed E-state index contributed by atoms with van der Waals surface area (Å²) in [5.74, 6) is -0.0806. The van der Waals surface area contributed by atoms with Gasteiger partial charge in [-0.3, -0.25) is 0 Å². The van der Waals surface area contributed by atoms with Crippen molar-refractivity contribution in [3.8, 4) is 0 Å². The van der Waals surface area contributed by atoms with Crippen molar-refractivity contribution in [1.82, 2.24) is 0 Å². The fourth-order valence-corrected chi connectivity index (χ4v) is 5.52. The Morgan fingerprint density at radius 2 is 1.81 bits per heavy atom. The maximum atomic E-state index is 12.9. The molecule has 5 nitrogen and oxygen atoms in total. The number of halogens is 3. The van der Waals surface area contributed by atoms with Crippen LogP contribution < -0.4 is 4.90 Å². The minimum Gasteiger partial charge on any atom is -0.456 e. The number of nitrogens with one attached hydrogen (secondary N) is 1. The number of quaternary nitrogens is 1. The number of alkyl carbamates (subject to hydrolysis) is 2. The molecule has 1 aromatic rings. The monoisotopic (exact) mass is 710 g/mol. The van der Waals surface area contributed by atoms with Gasteiger partial charge in [-0.2, -0.15) is 4.79 Å². The van der Waals surface area contributed by atoms with Crippen molar-refractivity contribution in [2.45, 2.75) is 32.3 Å². The second kappa shape index (κ2) is 10.2. The minimum atomic E-state index is -0.596. The van der Waals surface area contributed by atoms with E-state index >= 15 is 0 Å². The summed E-state index contributed by atoms with van der Waals surface area (Å²) in [6, 6.07) is 3.93. The zero-order valence-corrected chi connectivity index (χ0v) is 21.8. The molecule has 1 aliphatic rings. The molecule has 0 saturated carbocycles. The van der Waals surface area contributed by atoms with E-state index in [-0.39, 0.29) is 24.6 Å². The molecule has 1 heterocycles. The van der Waals surface area contributed by atoms with Crippen molar-refractivity contribution >= 4 is 79.8 Å². The second-order valence-corrected chi connectivity index (χ2v) is 10.4. The number of carbonyl (C=O) groups is 2. The van der Waals surface area contributed by atoms with Gasteiger partial charge in [0.15, 0.2) is 0 Å². The van der Waals surface area contributed by atoms with Crippen LogP contribution in [0.5, 0.6) is 0 Å². The van der Waals surface area contributed by atoms with E-state index in [0.29, 0.717) is 18.7 Å². The third-order valence-electron chi connectivity index (χ3n) is 4.80. The van der Waals surface area contributed by atoms with Gasteiger partial charge in [0.25, 0.3) is 0 Å². The maximum absolute atomic E-state index is 12.9. The molecule has 1 fully saturated rings. The summed E-state index contributed by atoms with van der Waals surface area (Å²) in [7, 11) is 0. The third-order valence-corrected chi connectivity index (χ3v) is 8.75. The van der Waals surface area contributed by atoms with Crippen LogP contribution in [0.15, 0.2) is 24.8 Å². The van der Waals surface area contributed by atoms with Gasteiger partial charge in [-0.05, 0) is 93.8 Å². The normalized spacial score (nSPS) is 20.0. The Morgan fingerprint density at radius 1 is 1.22 bits per heavy atom. The number of benzene rings is 1. The first-order valence-electron chi connectivity index (χ1n) is 8.67. The average Bonchev–Trinajstić information content (AvgIpc) is 2.62. The molecule has 1 amide bonds. The van der Waals surface area contributed by atoms with Crippen LogP contribution in [0.2, 0.25) is 0 Å². The summed E-state index contributed by atoms with van der Waals surface area (Å²) in [6.07, 6.45) is 2.95. The molecule has 0 aliphatic carbocycles. The predicted molar refractivity (Wildman–Crippen MR) is 129 cm³/mol. The lowest BCUT2D eigenvalue weighted by Crippen LogP contribution is -3.15. The van der Waals surface area contributed by atoms with E-state index in [1.807, 2.05) is 26.0 Å².